The van der Waals surface area contributed by atoms with Crippen LogP contribution in [-0.4, -0.2) is 12.6 Å². The van der Waals surface area contributed by atoms with Crippen LogP contribution in [0.15, 0.2) is 66.4 Å². The number of benzene rings is 1. The first-order valence-corrected chi connectivity index (χ1v) is 7.35. The quantitative estimate of drug-likeness (QED) is 0.590. The Morgan fingerprint density at radius 1 is 1.23 bits per heavy atom. The molecule has 0 amide bonds. The van der Waals surface area contributed by atoms with E-state index < -0.39 is 0 Å². The first kappa shape index (κ1) is 15.9. The summed E-state index contributed by atoms with van der Waals surface area (Å²) in [7, 11) is 0. The smallest absolute Gasteiger partial charge is 0.0816 e. The Morgan fingerprint density at radius 3 is 2.45 bits per heavy atom. The molecular formula is C18H24N4. The minimum Gasteiger partial charge on any atom is -0.396 e. The second kappa shape index (κ2) is 6.54. The van der Waals surface area contributed by atoms with Gasteiger partial charge < -0.3 is 16.1 Å². The van der Waals surface area contributed by atoms with Gasteiger partial charge in [0.05, 0.1) is 11.4 Å². The van der Waals surface area contributed by atoms with Crippen molar-refractivity contribution in [3.8, 4) is 0 Å². The minimum atomic E-state index is 0.320. The predicted molar refractivity (Wildman–Crippen MR) is 94.8 cm³/mol. The second-order valence-corrected chi connectivity index (χ2v) is 5.52. The molecule has 116 valence electrons. The Hall–Kier alpha value is -2.46. The lowest BCUT2D eigenvalue weighted by molar-refractivity contribution is 0.712. The van der Waals surface area contributed by atoms with Gasteiger partial charge in [-0.15, -0.1) is 0 Å². The Morgan fingerprint density at radius 2 is 1.91 bits per heavy atom. The van der Waals surface area contributed by atoms with Crippen LogP contribution in [0.3, 0.4) is 0 Å². The number of para-hydroxylation sites is 1. The molecule has 0 bridgehead atoms. The van der Waals surface area contributed by atoms with Crippen molar-refractivity contribution in [1.82, 2.24) is 5.43 Å². The van der Waals surface area contributed by atoms with Gasteiger partial charge >= 0.3 is 0 Å². The standard InChI is InChI=1S/C18H24N4/c1-5-13-11-22(12(3)4)16-10-8-7-9-15(16)18(21-20)17(19)14(13)6-2/h5-10,12,21H,1-2,11,19-20H2,3-4H3/b14-13-,18-17-. The molecule has 0 spiro atoms. The molecule has 0 radical (unpaired) electrons. The van der Waals surface area contributed by atoms with E-state index in [-0.39, 0.29) is 0 Å². The summed E-state index contributed by atoms with van der Waals surface area (Å²) in [5.41, 5.74) is 14.4. The van der Waals surface area contributed by atoms with Gasteiger partial charge in [-0.3, -0.25) is 5.84 Å². The topological polar surface area (TPSA) is 67.3 Å². The molecule has 22 heavy (non-hydrogen) atoms. The average molecular weight is 296 g/mol. The molecular weight excluding hydrogens is 272 g/mol. The van der Waals surface area contributed by atoms with Gasteiger partial charge in [-0.1, -0.05) is 43.5 Å². The van der Waals surface area contributed by atoms with Crippen LogP contribution in [0.25, 0.3) is 5.70 Å². The molecule has 0 aliphatic carbocycles. The average Bonchev–Trinajstić information content (AvgIpc) is 2.51. The molecule has 1 heterocycles. The zero-order valence-electron chi connectivity index (χ0n) is 13.3. The zero-order valence-corrected chi connectivity index (χ0v) is 13.3. The van der Waals surface area contributed by atoms with Crippen molar-refractivity contribution in [2.24, 2.45) is 11.6 Å². The number of hydrogen-bond acceptors (Lipinski definition) is 4. The highest BCUT2D eigenvalue weighted by Gasteiger charge is 2.23. The molecule has 0 atom stereocenters. The first-order valence-electron chi connectivity index (χ1n) is 7.35. The third-order valence-corrected chi connectivity index (χ3v) is 3.95. The second-order valence-electron chi connectivity index (χ2n) is 5.52. The van der Waals surface area contributed by atoms with E-state index in [0.717, 1.165) is 28.9 Å². The predicted octanol–water partition coefficient (Wildman–Crippen LogP) is 2.67. The van der Waals surface area contributed by atoms with E-state index in [0.29, 0.717) is 17.4 Å². The fourth-order valence-electron chi connectivity index (χ4n) is 2.77. The lowest BCUT2D eigenvalue weighted by Crippen LogP contribution is -2.36. The molecule has 0 saturated heterocycles. The first-order chi connectivity index (χ1) is 10.5. The maximum atomic E-state index is 6.36. The van der Waals surface area contributed by atoms with E-state index in [1.165, 1.54) is 0 Å². The lowest BCUT2D eigenvalue weighted by atomic mass is 9.95. The van der Waals surface area contributed by atoms with Gasteiger partial charge in [0.25, 0.3) is 0 Å². The highest BCUT2D eigenvalue weighted by molar-refractivity contribution is 5.81. The number of nitrogens with zero attached hydrogens (tertiary/aromatic N) is 1. The summed E-state index contributed by atoms with van der Waals surface area (Å²) >= 11 is 0. The molecule has 1 aromatic rings. The number of hydrogen-bond donors (Lipinski definition) is 3. The molecule has 1 aliphatic rings. The van der Waals surface area contributed by atoms with Crippen molar-refractivity contribution in [3.63, 3.8) is 0 Å². The van der Waals surface area contributed by atoms with Crippen molar-refractivity contribution in [2.75, 3.05) is 11.4 Å². The van der Waals surface area contributed by atoms with Gasteiger partial charge in [0.2, 0.25) is 0 Å². The number of rotatable bonds is 4. The molecule has 0 unspecified atom stereocenters. The summed E-state index contributed by atoms with van der Waals surface area (Å²) in [6.07, 6.45) is 3.59. The molecule has 1 aromatic carbocycles. The van der Waals surface area contributed by atoms with Crippen LogP contribution in [0, 0.1) is 0 Å². The maximum absolute atomic E-state index is 6.36. The van der Waals surface area contributed by atoms with E-state index in [1.54, 1.807) is 6.08 Å². The Kier molecular flexibility index (Phi) is 4.73. The molecule has 0 saturated carbocycles. The van der Waals surface area contributed by atoms with Crippen molar-refractivity contribution >= 4 is 11.4 Å². The summed E-state index contributed by atoms with van der Waals surface area (Å²) < 4.78 is 0. The van der Waals surface area contributed by atoms with Gasteiger partial charge in [-0.05, 0) is 25.5 Å². The fraction of sp³-hybridized carbons (Fsp3) is 0.222. The maximum Gasteiger partial charge on any atom is 0.0816 e. The molecule has 5 N–H and O–H groups in total. The van der Waals surface area contributed by atoms with E-state index in [9.17, 15) is 0 Å². The van der Waals surface area contributed by atoms with Crippen LogP contribution in [0.2, 0.25) is 0 Å². The number of anilines is 1. The van der Waals surface area contributed by atoms with Gasteiger partial charge in [0, 0.05) is 29.4 Å². The van der Waals surface area contributed by atoms with E-state index in [4.69, 9.17) is 11.6 Å². The van der Waals surface area contributed by atoms with Gasteiger partial charge in [-0.25, -0.2) is 0 Å². The van der Waals surface area contributed by atoms with Crippen LogP contribution in [0.1, 0.15) is 19.4 Å². The number of hydrazine groups is 1. The largest absolute Gasteiger partial charge is 0.396 e. The van der Waals surface area contributed by atoms with Crippen LogP contribution in [-0.2, 0) is 0 Å². The van der Waals surface area contributed by atoms with Crippen molar-refractivity contribution in [2.45, 2.75) is 19.9 Å². The van der Waals surface area contributed by atoms with Gasteiger partial charge in [-0.2, -0.15) is 0 Å². The van der Waals surface area contributed by atoms with Crippen LogP contribution >= 0.6 is 0 Å². The molecule has 0 aromatic heterocycles. The number of fused-ring (bicyclic) bond motifs is 1. The van der Waals surface area contributed by atoms with E-state index in [1.807, 2.05) is 24.3 Å². The van der Waals surface area contributed by atoms with Crippen LogP contribution in [0.4, 0.5) is 5.69 Å². The van der Waals surface area contributed by atoms with Crippen LogP contribution in [0.5, 0.6) is 0 Å². The van der Waals surface area contributed by atoms with E-state index >= 15 is 0 Å². The highest BCUT2D eigenvalue weighted by atomic mass is 15.2. The summed E-state index contributed by atoms with van der Waals surface area (Å²) in [5, 5.41) is 0. The van der Waals surface area contributed by atoms with Gasteiger partial charge in [0.1, 0.15) is 0 Å². The molecule has 4 heteroatoms. The van der Waals surface area contributed by atoms with E-state index in [2.05, 4.69) is 43.4 Å². The number of nitrogens with one attached hydrogen (secondary N) is 1. The Labute approximate surface area is 132 Å². The summed E-state index contributed by atoms with van der Waals surface area (Å²) in [5.74, 6) is 5.77. The lowest BCUT2D eigenvalue weighted by Gasteiger charge is -2.34. The minimum absolute atomic E-state index is 0.320. The summed E-state index contributed by atoms with van der Waals surface area (Å²) in [6.45, 7) is 12.9. The normalized spacial score (nSPS) is 21.9. The molecule has 4 nitrogen and oxygen atoms in total. The fourth-order valence-corrected chi connectivity index (χ4v) is 2.77. The Bertz CT molecular complexity index is 653. The van der Waals surface area contributed by atoms with Gasteiger partial charge in [0.15, 0.2) is 0 Å². The van der Waals surface area contributed by atoms with Crippen LogP contribution < -0.4 is 21.9 Å². The third-order valence-electron chi connectivity index (χ3n) is 3.95. The highest BCUT2D eigenvalue weighted by Crippen LogP contribution is 2.33. The monoisotopic (exact) mass is 296 g/mol. The molecule has 0 fully saturated rings. The van der Waals surface area contributed by atoms with Crippen molar-refractivity contribution in [3.05, 3.63) is 72.0 Å². The van der Waals surface area contributed by atoms with Crippen molar-refractivity contribution < 1.29 is 0 Å². The summed E-state index contributed by atoms with van der Waals surface area (Å²) in [6, 6.07) is 8.42. The Balaban J connectivity index is 2.83. The van der Waals surface area contributed by atoms with Crippen molar-refractivity contribution in [1.29, 1.82) is 0 Å². The SMILES string of the molecule is C=C/C1=C(C=C)/C(N)=C(/NN)c2ccccc2N(C(C)C)C1. The summed E-state index contributed by atoms with van der Waals surface area (Å²) in [4.78, 5) is 2.31. The number of allylic oxidation sites excluding steroid dienone is 1. The molecule has 1 aliphatic heterocycles. The molecule has 2 rings (SSSR count). The zero-order chi connectivity index (χ0) is 16.3. The number of nitrogens with two attached hydrogens (primary N) is 2. The third kappa shape index (κ3) is 2.65.